The van der Waals surface area contributed by atoms with Gasteiger partial charge in [0.05, 0.1) is 11.6 Å². The molecule has 1 unspecified atom stereocenters. The summed E-state index contributed by atoms with van der Waals surface area (Å²) in [6, 6.07) is 4.59. The lowest BCUT2D eigenvalue weighted by Crippen LogP contribution is -2.31. The molecule has 6 nitrogen and oxygen atoms in total. The molecular formula is C13H19ClN2O4S. The number of anilines is 1. The van der Waals surface area contributed by atoms with Gasteiger partial charge in [-0.3, -0.25) is 4.21 Å². The molecule has 0 fully saturated rings. The summed E-state index contributed by atoms with van der Waals surface area (Å²) >= 11 is 6.06. The SMILES string of the molecule is COCCOc1ccc(NC(=O)NCCS(C)=O)cc1Cl. The second-order valence-corrected chi connectivity index (χ2v) is 6.11. The molecule has 21 heavy (non-hydrogen) atoms. The molecule has 0 saturated heterocycles. The van der Waals surface area contributed by atoms with Crippen molar-refractivity contribution < 1.29 is 18.5 Å². The summed E-state index contributed by atoms with van der Waals surface area (Å²) in [7, 11) is 0.658. The predicted octanol–water partition coefficient (Wildman–Crippen LogP) is 1.87. The first-order valence-electron chi connectivity index (χ1n) is 6.29. The van der Waals surface area contributed by atoms with Crippen LogP contribution in [0.1, 0.15) is 0 Å². The zero-order valence-corrected chi connectivity index (χ0v) is 13.6. The van der Waals surface area contributed by atoms with Crippen molar-refractivity contribution in [2.24, 2.45) is 0 Å². The minimum Gasteiger partial charge on any atom is -0.490 e. The van der Waals surface area contributed by atoms with Crippen molar-refractivity contribution in [2.75, 3.05) is 44.2 Å². The lowest BCUT2D eigenvalue weighted by Gasteiger charge is -2.10. The largest absolute Gasteiger partial charge is 0.490 e. The van der Waals surface area contributed by atoms with Gasteiger partial charge in [0.2, 0.25) is 0 Å². The number of carbonyl (C=O) groups is 1. The number of hydrogen-bond donors (Lipinski definition) is 2. The van der Waals surface area contributed by atoms with Crippen molar-refractivity contribution in [3.63, 3.8) is 0 Å². The first-order valence-corrected chi connectivity index (χ1v) is 8.39. The van der Waals surface area contributed by atoms with Gasteiger partial charge < -0.3 is 20.1 Å². The molecule has 0 radical (unpaired) electrons. The summed E-state index contributed by atoms with van der Waals surface area (Å²) in [5.41, 5.74) is 0.550. The molecule has 8 heteroatoms. The average Bonchev–Trinajstić information content (AvgIpc) is 2.41. The van der Waals surface area contributed by atoms with Crippen LogP contribution in [0.5, 0.6) is 5.75 Å². The van der Waals surface area contributed by atoms with E-state index in [0.29, 0.717) is 42.0 Å². The maximum Gasteiger partial charge on any atom is 0.319 e. The Morgan fingerprint density at radius 2 is 2.14 bits per heavy atom. The van der Waals surface area contributed by atoms with E-state index in [2.05, 4.69) is 10.6 Å². The highest BCUT2D eigenvalue weighted by molar-refractivity contribution is 7.84. The van der Waals surface area contributed by atoms with Crippen LogP contribution in [0, 0.1) is 0 Å². The molecule has 118 valence electrons. The second kappa shape index (κ2) is 9.59. The van der Waals surface area contributed by atoms with Gasteiger partial charge in [-0.1, -0.05) is 11.6 Å². The van der Waals surface area contributed by atoms with Crippen molar-refractivity contribution in [3.05, 3.63) is 23.2 Å². The molecule has 0 heterocycles. The van der Waals surface area contributed by atoms with Gasteiger partial charge in [0.25, 0.3) is 0 Å². The summed E-state index contributed by atoms with van der Waals surface area (Å²) in [6.45, 7) is 1.22. The zero-order chi connectivity index (χ0) is 15.7. The minimum atomic E-state index is -0.930. The third-order valence-electron chi connectivity index (χ3n) is 2.41. The van der Waals surface area contributed by atoms with Crippen LogP contribution in [-0.2, 0) is 15.5 Å². The van der Waals surface area contributed by atoms with Gasteiger partial charge in [-0.25, -0.2) is 4.79 Å². The number of hydrogen-bond acceptors (Lipinski definition) is 4. The number of rotatable bonds is 8. The number of ether oxygens (including phenoxy) is 2. The van der Waals surface area contributed by atoms with Crippen LogP contribution in [0.4, 0.5) is 10.5 Å². The van der Waals surface area contributed by atoms with Crippen molar-refractivity contribution in [3.8, 4) is 5.75 Å². The smallest absolute Gasteiger partial charge is 0.319 e. The normalized spacial score (nSPS) is 11.8. The standard InChI is InChI=1S/C13H19ClN2O4S/c1-19-6-7-20-12-4-3-10(9-11(12)14)16-13(17)15-5-8-21(2)18/h3-4,9H,5-8H2,1-2H3,(H2,15,16,17). The Hall–Kier alpha value is -1.31. The number of urea groups is 1. The highest BCUT2D eigenvalue weighted by Gasteiger charge is 2.06. The van der Waals surface area contributed by atoms with Gasteiger partial charge >= 0.3 is 6.03 Å². The van der Waals surface area contributed by atoms with Crippen molar-refractivity contribution in [1.82, 2.24) is 5.32 Å². The average molecular weight is 335 g/mol. The van der Waals surface area contributed by atoms with E-state index in [1.54, 1.807) is 31.6 Å². The van der Waals surface area contributed by atoms with Crippen molar-refractivity contribution in [2.45, 2.75) is 0 Å². The van der Waals surface area contributed by atoms with Gasteiger partial charge in [-0.05, 0) is 18.2 Å². The lowest BCUT2D eigenvalue weighted by molar-refractivity contribution is 0.146. The molecule has 0 aliphatic heterocycles. The third-order valence-corrected chi connectivity index (χ3v) is 3.48. The highest BCUT2D eigenvalue weighted by Crippen LogP contribution is 2.27. The van der Waals surface area contributed by atoms with Gasteiger partial charge in [0.1, 0.15) is 12.4 Å². The Balaban J connectivity index is 2.47. The molecule has 0 spiro atoms. The summed E-state index contributed by atoms with van der Waals surface area (Å²) in [5, 5.41) is 5.64. The number of amides is 2. The van der Waals surface area contributed by atoms with Gasteiger partial charge in [-0.15, -0.1) is 0 Å². The third kappa shape index (κ3) is 7.31. The first-order chi connectivity index (χ1) is 10.0. The monoisotopic (exact) mass is 334 g/mol. The van der Waals surface area contributed by atoms with Crippen LogP contribution < -0.4 is 15.4 Å². The van der Waals surface area contributed by atoms with E-state index in [1.807, 2.05) is 0 Å². The number of halogens is 1. The highest BCUT2D eigenvalue weighted by atomic mass is 35.5. The number of carbonyl (C=O) groups excluding carboxylic acids is 1. The zero-order valence-electron chi connectivity index (χ0n) is 12.0. The van der Waals surface area contributed by atoms with Crippen LogP contribution in [0.15, 0.2) is 18.2 Å². The molecule has 0 saturated carbocycles. The van der Waals surface area contributed by atoms with Gasteiger partial charge in [-0.2, -0.15) is 0 Å². The van der Waals surface area contributed by atoms with Crippen LogP contribution in [-0.4, -0.2) is 49.1 Å². The van der Waals surface area contributed by atoms with E-state index >= 15 is 0 Å². The maximum absolute atomic E-state index is 11.6. The minimum absolute atomic E-state index is 0.348. The van der Waals surface area contributed by atoms with Gasteiger partial charge in [0, 0.05) is 42.2 Å². The Kier molecular flexibility index (Phi) is 8.11. The molecule has 0 aliphatic rings. The number of benzene rings is 1. The Morgan fingerprint density at radius 1 is 1.38 bits per heavy atom. The van der Waals surface area contributed by atoms with Crippen LogP contribution in [0.3, 0.4) is 0 Å². The first kappa shape index (κ1) is 17.7. The summed E-state index contributed by atoms with van der Waals surface area (Å²) in [4.78, 5) is 11.6. The fourth-order valence-corrected chi connectivity index (χ4v) is 2.04. The lowest BCUT2D eigenvalue weighted by atomic mass is 10.3. The quantitative estimate of drug-likeness (QED) is 0.711. The predicted molar refractivity (Wildman–Crippen MR) is 84.8 cm³/mol. The second-order valence-electron chi connectivity index (χ2n) is 4.14. The van der Waals surface area contributed by atoms with E-state index in [9.17, 15) is 9.00 Å². The number of methoxy groups -OCH3 is 1. The molecule has 1 aromatic carbocycles. The van der Waals surface area contributed by atoms with Gasteiger partial charge in [0.15, 0.2) is 0 Å². The van der Waals surface area contributed by atoms with Crippen molar-refractivity contribution >= 4 is 34.1 Å². The van der Waals surface area contributed by atoms with E-state index in [0.717, 1.165) is 0 Å². The topological polar surface area (TPSA) is 76.7 Å². The summed E-state index contributed by atoms with van der Waals surface area (Å²) in [6.07, 6.45) is 1.58. The summed E-state index contributed by atoms with van der Waals surface area (Å²) in [5.74, 6) is 0.946. The summed E-state index contributed by atoms with van der Waals surface area (Å²) < 4.78 is 21.2. The molecule has 1 rings (SSSR count). The molecule has 0 aliphatic carbocycles. The van der Waals surface area contributed by atoms with Crippen LogP contribution >= 0.6 is 11.6 Å². The van der Waals surface area contributed by atoms with Crippen LogP contribution in [0.2, 0.25) is 5.02 Å². The molecule has 0 bridgehead atoms. The fourth-order valence-electron chi connectivity index (χ4n) is 1.41. The molecule has 2 amide bonds. The van der Waals surface area contributed by atoms with E-state index in [1.165, 1.54) is 0 Å². The molecule has 1 atom stereocenters. The Labute approximate surface area is 131 Å². The fraction of sp³-hybridized carbons (Fsp3) is 0.462. The molecule has 0 aromatic heterocycles. The Morgan fingerprint density at radius 3 is 2.76 bits per heavy atom. The van der Waals surface area contributed by atoms with E-state index < -0.39 is 10.8 Å². The van der Waals surface area contributed by atoms with Crippen molar-refractivity contribution in [1.29, 1.82) is 0 Å². The maximum atomic E-state index is 11.6. The number of nitrogens with one attached hydrogen (secondary N) is 2. The molecule has 2 N–H and O–H groups in total. The molecular weight excluding hydrogens is 316 g/mol. The Bertz CT molecular complexity index is 499. The van der Waals surface area contributed by atoms with E-state index in [-0.39, 0.29) is 6.03 Å². The molecule has 1 aromatic rings. The van der Waals surface area contributed by atoms with E-state index in [4.69, 9.17) is 21.1 Å². The van der Waals surface area contributed by atoms with Crippen LogP contribution in [0.25, 0.3) is 0 Å².